The molecule has 0 radical (unpaired) electrons. The zero-order chi connectivity index (χ0) is 15.2. The Hall–Kier alpha value is -1.21. The normalized spacial score (nSPS) is 12.6. The minimum Gasteiger partial charge on any atom is -0.325 e. The van der Waals surface area contributed by atoms with Crippen LogP contribution in [0.3, 0.4) is 0 Å². The van der Waals surface area contributed by atoms with E-state index in [1.165, 1.54) is 11.8 Å². The van der Waals surface area contributed by atoms with Gasteiger partial charge in [0.15, 0.2) is 0 Å². The average molecular weight is 323 g/mol. The molecule has 0 aliphatic rings. The molecule has 1 unspecified atom stereocenters. The number of hydrogen-bond acceptors (Lipinski definition) is 5. The summed E-state index contributed by atoms with van der Waals surface area (Å²) < 4.78 is 0. The van der Waals surface area contributed by atoms with Crippen LogP contribution >= 0.6 is 22.7 Å². The van der Waals surface area contributed by atoms with Crippen LogP contribution in [0.4, 0.5) is 5.69 Å². The fourth-order valence-electron chi connectivity index (χ4n) is 2.12. The van der Waals surface area contributed by atoms with Crippen LogP contribution in [0.25, 0.3) is 0 Å². The van der Waals surface area contributed by atoms with Crippen molar-refractivity contribution in [1.82, 2.24) is 10.2 Å². The fourth-order valence-corrected chi connectivity index (χ4v) is 3.84. The summed E-state index contributed by atoms with van der Waals surface area (Å²) in [5.41, 5.74) is 0.914. The van der Waals surface area contributed by atoms with Crippen LogP contribution in [0.1, 0.15) is 22.7 Å². The average Bonchev–Trinajstić information content (AvgIpc) is 3.05. The highest BCUT2D eigenvalue weighted by Crippen LogP contribution is 2.24. The van der Waals surface area contributed by atoms with Gasteiger partial charge in [0.2, 0.25) is 5.91 Å². The monoisotopic (exact) mass is 323 g/mol. The molecular weight excluding hydrogens is 302 g/mol. The number of nitrogens with one attached hydrogen (secondary N) is 2. The van der Waals surface area contributed by atoms with Gasteiger partial charge in [0, 0.05) is 29.8 Å². The predicted octanol–water partition coefficient (Wildman–Crippen LogP) is 3.16. The summed E-state index contributed by atoms with van der Waals surface area (Å²) >= 11 is 3.44. The van der Waals surface area contributed by atoms with Gasteiger partial charge < -0.3 is 15.5 Å². The van der Waals surface area contributed by atoms with Gasteiger partial charge in [0.1, 0.15) is 0 Å². The topological polar surface area (TPSA) is 44.4 Å². The third kappa shape index (κ3) is 4.64. The number of carbonyl (C=O) groups excluding carboxylic acids is 1. The van der Waals surface area contributed by atoms with Crippen molar-refractivity contribution in [2.24, 2.45) is 0 Å². The Kier molecular flexibility index (Phi) is 5.93. The molecule has 2 heterocycles. The maximum absolute atomic E-state index is 11.2. The number of amides is 1. The van der Waals surface area contributed by atoms with Crippen molar-refractivity contribution in [2.45, 2.75) is 19.5 Å². The van der Waals surface area contributed by atoms with Gasteiger partial charge in [0.05, 0.1) is 11.7 Å². The van der Waals surface area contributed by atoms with Crippen LogP contribution in [0.15, 0.2) is 29.0 Å². The SMILES string of the molecule is CC(=O)Nc1ccsc1CNCC(c1cccs1)N(C)C. The van der Waals surface area contributed by atoms with E-state index in [1.54, 1.807) is 22.7 Å². The summed E-state index contributed by atoms with van der Waals surface area (Å²) in [6.45, 7) is 3.18. The van der Waals surface area contributed by atoms with Gasteiger partial charge >= 0.3 is 0 Å². The Labute approximate surface area is 133 Å². The van der Waals surface area contributed by atoms with Gasteiger partial charge in [0.25, 0.3) is 0 Å². The van der Waals surface area contributed by atoms with Crippen molar-refractivity contribution < 1.29 is 4.79 Å². The van der Waals surface area contributed by atoms with E-state index in [-0.39, 0.29) is 5.91 Å². The molecule has 0 saturated heterocycles. The fraction of sp³-hybridized carbons (Fsp3) is 0.400. The van der Waals surface area contributed by atoms with Crippen LogP contribution < -0.4 is 10.6 Å². The smallest absolute Gasteiger partial charge is 0.221 e. The van der Waals surface area contributed by atoms with E-state index in [0.29, 0.717) is 6.04 Å². The minimum absolute atomic E-state index is 0.0283. The van der Waals surface area contributed by atoms with Crippen LogP contribution in [0.2, 0.25) is 0 Å². The molecule has 1 amide bonds. The number of hydrogen-bond donors (Lipinski definition) is 2. The molecule has 0 bridgehead atoms. The quantitative estimate of drug-likeness (QED) is 0.822. The lowest BCUT2D eigenvalue weighted by Crippen LogP contribution is -2.30. The Morgan fingerprint density at radius 1 is 1.29 bits per heavy atom. The number of anilines is 1. The summed E-state index contributed by atoms with van der Waals surface area (Å²) in [5.74, 6) is -0.0283. The maximum Gasteiger partial charge on any atom is 0.221 e. The lowest BCUT2D eigenvalue weighted by Gasteiger charge is -2.23. The standard InChI is InChI=1S/C15H21N3OS2/c1-11(19)17-12-6-8-21-15(12)10-16-9-13(18(2)3)14-5-4-7-20-14/h4-8,13,16H,9-10H2,1-3H3,(H,17,19). The van der Waals surface area contributed by atoms with E-state index < -0.39 is 0 Å². The first-order valence-corrected chi connectivity index (χ1v) is 8.58. The summed E-state index contributed by atoms with van der Waals surface area (Å²) in [7, 11) is 4.19. The maximum atomic E-state index is 11.2. The van der Waals surface area contributed by atoms with Crippen LogP contribution in [0.5, 0.6) is 0 Å². The van der Waals surface area contributed by atoms with E-state index >= 15 is 0 Å². The molecule has 0 aliphatic carbocycles. The Balaban J connectivity index is 1.91. The molecule has 4 nitrogen and oxygen atoms in total. The van der Waals surface area contributed by atoms with Gasteiger partial charge in [-0.3, -0.25) is 4.79 Å². The molecule has 21 heavy (non-hydrogen) atoms. The van der Waals surface area contributed by atoms with Crippen LogP contribution in [-0.2, 0) is 11.3 Å². The van der Waals surface area contributed by atoms with Crippen molar-refractivity contribution in [3.63, 3.8) is 0 Å². The van der Waals surface area contributed by atoms with E-state index in [2.05, 4.69) is 47.1 Å². The van der Waals surface area contributed by atoms with Crippen molar-refractivity contribution in [3.8, 4) is 0 Å². The first-order chi connectivity index (χ1) is 10.1. The first-order valence-electron chi connectivity index (χ1n) is 6.82. The summed E-state index contributed by atoms with van der Waals surface area (Å²) in [6, 6.07) is 6.58. The van der Waals surface area contributed by atoms with Gasteiger partial charge in [-0.05, 0) is 37.0 Å². The molecule has 2 aromatic rings. The number of rotatable bonds is 7. The highest BCUT2D eigenvalue weighted by Gasteiger charge is 2.15. The zero-order valence-electron chi connectivity index (χ0n) is 12.6. The van der Waals surface area contributed by atoms with E-state index in [9.17, 15) is 4.79 Å². The molecule has 6 heteroatoms. The second-order valence-electron chi connectivity index (χ2n) is 5.06. The Bertz CT molecular complexity index is 563. The molecule has 1 atom stereocenters. The van der Waals surface area contributed by atoms with Gasteiger partial charge in [-0.2, -0.15) is 0 Å². The number of likely N-dealkylation sites (N-methyl/N-ethyl adjacent to an activating group) is 1. The summed E-state index contributed by atoms with van der Waals surface area (Å²) in [6.07, 6.45) is 0. The highest BCUT2D eigenvalue weighted by molar-refractivity contribution is 7.10. The Morgan fingerprint density at radius 3 is 2.71 bits per heavy atom. The molecule has 0 aliphatic heterocycles. The minimum atomic E-state index is -0.0283. The third-order valence-corrected chi connectivity index (χ3v) is 5.07. The molecule has 0 saturated carbocycles. The number of carbonyl (C=O) groups is 1. The first kappa shape index (κ1) is 16.2. The Morgan fingerprint density at radius 2 is 2.10 bits per heavy atom. The van der Waals surface area contributed by atoms with Crippen LogP contribution in [-0.4, -0.2) is 31.4 Å². The van der Waals surface area contributed by atoms with Gasteiger partial charge in [-0.1, -0.05) is 6.07 Å². The molecule has 0 spiro atoms. The summed E-state index contributed by atoms with van der Waals surface area (Å²) in [4.78, 5) is 15.9. The molecule has 2 N–H and O–H groups in total. The number of thiophene rings is 2. The molecular formula is C15H21N3OS2. The molecule has 2 rings (SSSR count). The molecule has 0 aromatic carbocycles. The second-order valence-corrected chi connectivity index (χ2v) is 7.04. The van der Waals surface area contributed by atoms with E-state index in [1.807, 2.05) is 11.4 Å². The molecule has 114 valence electrons. The van der Waals surface area contributed by atoms with Crippen molar-refractivity contribution in [1.29, 1.82) is 0 Å². The lowest BCUT2D eigenvalue weighted by molar-refractivity contribution is -0.114. The van der Waals surface area contributed by atoms with Gasteiger partial charge in [-0.25, -0.2) is 0 Å². The number of nitrogens with zero attached hydrogens (tertiary/aromatic N) is 1. The van der Waals surface area contributed by atoms with Crippen molar-refractivity contribution >= 4 is 34.3 Å². The second kappa shape index (κ2) is 7.70. The van der Waals surface area contributed by atoms with Crippen LogP contribution in [0, 0.1) is 0 Å². The van der Waals surface area contributed by atoms with E-state index in [0.717, 1.165) is 23.7 Å². The molecule has 2 aromatic heterocycles. The molecule has 0 fully saturated rings. The third-order valence-electron chi connectivity index (χ3n) is 3.17. The largest absolute Gasteiger partial charge is 0.325 e. The van der Waals surface area contributed by atoms with Crippen molar-refractivity contribution in [3.05, 3.63) is 38.7 Å². The lowest BCUT2D eigenvalue weighted by atomic mass is 10.2. The predicted molar refractivity (Wildman–Crippen MR) is 91.1 cm³/mol. The van der Waals surface area contributed by atoms with Gasteiger partial charge in [-0.15, -0.1) is 22.7 Å². The van der Waals surface area contributed by atoms with Crippen molar-refractivity contribution in [2.75, 3.05) is 26.0 Å². The zero-order valence-corrected chi connectivity index (χ0v) is 14.2. The highest BCUT2D eigenvalue weighted by atomic mass is 32.1. The van der Waals surface area contributed by atoms with E-state index in [4.69, 9.17) is 0 Å². The summed E-state index contributed by atoms with van der Waals surface area (Å²) in [5, 5.41) is 10.5.